The first-order valence-corrected chi connectivity index (χ1v) is 9.25. The van der Waals surface area contributed by atoms with E-state index in [0.29, 0.717) is 6.61 Å². The van der Waals surface area contributed by atoms with Gasteiger partial charge in [-0.2, -0.15) is 0 Å². The largest absolute Gasteiger partial charge is 0.372 e. The van der Waals surface area contributed by atoms with Crippen molar-refractivity contribution in [2.24, 2.45) is 0 Å². The summed E-state index contributed by atoms with van der Waals surface area (Å²) in [4.78, 5) is 2.75. The van der Waals surface area contributed by atoms with Gasteiger partial charge >= 0.3 is 0 Å². The molecule has 0 spiro atoms. The van der Waals surface area contributed by atoms with Crippen LogP contribution in [0.1, 0.15) is 5.56 Å². The molecule has 0 amide bonds. The zero-order valence-corrected chi connectivity index (χ0v) is 13.9. The second-order valence-corrected chi connectivity index (χ2v) is 7.39. The van der Waals surface area contributed by atoms with Gasteiger partial charge < -0.3 is 4.74 Å². The molecule has 0 fully saturated rings. The minimum Gasteiger partial charge on any atom is -0.372 e. The van der Waals surface area contributed by atoms with E-state index in [1.54, 1.807) is 0 Å². The predicted molar refractivity (Wildman–Crippen MR) is 97.7 cm³/mol. The van der Waals surface area contributed by atoms with E-state index in [2.05, 4.69) is 84.9 Å². The van der Waals surface area contributed by atoms with Crippen molar-refractivity contribution in [1.29, 1.82) is 0 Å². The van der Waals surface area contributed by atoms with Gasteiger partial charge in [-0.1, -0.05) is 66.7 Å². The Morgan fingerprint density at radius 3 is 1.61 bits per heavy atom. The quantitative estimate of drug-likeness (QED) is 0.442. The zero-order chi connectivity index (χ0) is 15.7. The van der Waals surface area contributed by atoms with Crippen molar-refractivity contribution in [1.82, 2.24) is 0 Å². The van der Waals surface area contributed by atoms with Crippen LogP contribution in [0.4, 0.5) is 0 Å². The summed E-state index contributed by atoms with van der Waals surface area (Å²) in [7, 11) is 0.0659. The minimum atomic E-state index is 0.0659. The van der Waals surface area contributed by atoms with Crippen molar-refractivity contribution in [3.63, 3.8) is 0 Å². The van der Waals surface area contributed by atoms with Crippen LogP contribution >= 0.6 is 0 Å². The monoisotopic (exact) mass is 321 g/mol. The Balaban J connectivity index is 1.63. The highest BCUT2D eigenvalue weighted by Gasteiger charge is 2.24. The van der Waals surface area contributed by atoms with E-state index >= 15 is 0 Å². The third kappa shape index (κ3) is 4.72. The van der Waals surface area contributed by atoms with Gasteiger partial charge in [-0.15, -0.1) is 0 Å². The van der Waals surface area contributed by atoms with Gasteiger partial charge in [-0.3, -0.25) is 0 Å². The molecule has 23 heavy (non-hydrogen) atoms. The molecule has 0 saturated carbocycles. The van der Waals surface area contributed by atoms with Crippen molar-refractivity contribution >= 4 is 10.9 Å². The van der Waals surface area contributed by atoms with E-state index in [1.165, 1.54) is 15.4 Å². The van der Waals surface area contributed by atoms with Gasteiger partial charge in [0, 0.05) is 0 Å². The Morgan fingerprint density at radius 2 is 1.09 bits per heavy atom. The van der Waals surface area contributed by atoms with E-state index in [1.807, 2.05) is 6.07 Å². The van der Waals surface area contributed by atoms with Crippen LogP contribution in [-0.4, -0.2) is 12.4 Å². The zero-order valence-electron chi connectivity index (χ0n) is 13.1. The lowest BCUT2D eigenvalue weighted by Crippen LogP contribution is -2.14. The molecule has 0 N–H and O–H groups in total. The normalized spacial score (nSPS) is 10.8. The van der Waals surface area contributed by atoms with Gasteiger partial charge in [0.15, 0.2) is 9.79 Å². The van der Waals surface area contributed by atoms with Gasteiger partial charge in [0.05, 0.1) is 24.1 Å². The van der Waals surface area contributed by atoms with Crippen molar-refractivity contribution in [2.75, 3.05) is 12.4 Å². The molecular formula is C21H21OS+. The van der Waals surface area contributed by atoms with Crippen LogP contribution in [0, 0.1) is 0 Å². The topological polar surface area (TPSA) is 9.23 Å². The lowest BCUT2D eigenvalue weighted by Gasteiger charge is -2.09. The fraction of sp³-hybridized carbons (Fsp3) is 0.143. The average Bonchev–Trinajstić information content (AvgIpc) is 2.64. The number of rotatable bonds is 7. The summed E-state index contributed by atoms with van der Waals surface area (Å²) >= 11 is 0. The van der Waals surface area contributed by atoms with Crippen LogP contribution in [0.15, 0.2) is 101 Å². The van der Waals surface area contributed by atoms with Crippen molar-refractivity contribution < 1.29 is 4.74 Å². The highest BCUT2D eigenvalue weighted by Crippen LogP contribution is 2.23. The van der Waals surface area contributed by atoms with Crippen LogP contribution in [0.5, 0.6) is 0 Å². The second kappa shape index (κ2) is 8.56. The smallest absolute Gasteiger partial charge is 0.160 e. The molecule has 0 radical (unpaired) electrons. The Kier molecular flexibility index (Phi) is 5.90. The molecule has 3 aromatic carbocycles. The molecule has 2 heteroatoms. The van der Waals surface area contributed by atoms with Crippen LogP contribution in [0.25, 0.3) is 0 Å². The lowest BCUT2D eigenvalue weighted by atomic mass is 10.2. The van der Waals surface area contributed by atoms with Crippen molar-refractivity contribution in [3.8, 4) is 0 Å². The maximum absolute atomic E-state index is 5.90. The lowest BCUT2D eigenvalue weighted by molar-refractivity contribution is 0.136. The molecule has 3 rings (SSSR count). The summed E-state index contributed by atoms with van der Waals surface area (Å²) in [5.74, 6) is 1.01. The molecule has 0 heterocycles. The van der Waals surface area contributed by atoms with Gasteiger partial charge in [0.25, 0.3) is 0 Å². The van der Waals surface area contributed by atoms with E-state index in [0.717, 1.165) is 12.4 Å². The molecular weight excluding hydrogens is 300 g/mol. The summed E-state index contributed by atoms with van der Waals surface area (Å²) in [6, 6.07) is 31.8. The fourth-order valence-corrected chi connectivity index (χ4v) is 4.45. The third-order valence-electron chi connectivity index (χ3n) is 3.60. The van der Waals surface area contributed by atoms with Gasteiger partial charge in [0.2, 0.25) is 0 Å². The number of hydrogen-bond acceptors (Lipinski definition) is 1. The maximum Gasteiger partial charge on any atom is 0.160 e. The van der Waals surface area contributed by atoms with Gasteiger partial charge in [0.1, 0.15) is 5.75 Å². The Bertz CT molecular complexity index is 643. The second-order valence-electron chi connectivity index (χ2n) is 5.26. The number of hydrogen-bond donors (Lipinski definition) is 0. The molecule has 3 aromatic rings. The highest BCUT2D eigenvalue weighted by atomic mass is 32.2. The molecule has 1 nitrogen and oxygen atoms in total. The third-order valence-corrected chi connectivity index (χ3v) is 5.86. The summed E-state index contributed by atoms with van der Waals surface area (Å²) in [5.41, 5.74) is 1.23. The maximum atomic E-state index is 5.90. The van der Waals surface area contributed by atoms with Crippen LogP contribution < -0.4 is 0 Å². The first-order chi connectivity index (χ1) is 11.4. The van der Waals surface area contributed by atoms with E-state index in [-0.39, 0.29) is 10.9 Å². The molecule has 0 unspecified atom stereocenters. The van der Waals surface area contributed by atoms with Crippen LogP contribution in [0.2, 0.25) is 0 Å². The molecule has 116 valence electrons. The van der Waals surface area contributed by atoms with E-state index < -0.39 is 0 Å². The van der Waals surface area contributed by atoms with Crippen molar-refractivity contribution in [2.45, 2.75) is 16.4 Å². The SMILES string of the molecule is c1ccc(COCC[S+](c2ccccc2)c2ccccc2)cc1. The summed E-state index contributed by atoms with van der Waals surface area (Å²) in [6.45, 7) is 1.45. The molecule has 0 saturated heterocycles. The molecule has 0 aliphatic rings. The molecule has 0 bridgehead atoms. The van der Waals surface area contributed by atoms with Gasteiger partial charge in [-0.25, -0.2) is 0 Å². The Morgan fingerprint density at radius 1 is 0.609 bits per heavy atom. The summed E-state index contributed by atoms with van der Waals surface area (Å²) in [5, 5.41) is 0. The summed E-state index contributed by atoms with van der Waals surface area (Å²) < 4.78 is 5.90. The predicted octanol–water partition coefficient (Wildman–Crippen LogP) is 4.94. The first kappa shape index (κ1) is 15.9. The van der Waals surface area contributed by atoms with E-state index in [9.17, 15) is 0 Å². The molecule has 0 aliphatic heterocycles. The van der Waals surface area contributed by atoms with Crippen LogP contribution in [0.3, 0.4) is 0 Å². The molecule has 0 atom stereocenters. The minimum absolute atomic E-state index is 0.0659. The highest BCUT2D eigenvalue weighted by molar-refractivity contribution is 7.97. The van der Waals surface area contributed by atoms with Gasteiger partial charge in [-0.05, 0) is 29.8 Å². The first-order valence-electron chi connectivity index (χ1n) is 7.86. The average molecular weight is 321 g/mol. The van der Waals surface area contributed by atoms with E-state index in [4.69, 9.17) is 4.74 Å². The van der Waals surface area contributed by atoms with Crippen molar-refractivity contribution in [3.05, 3.63) is 96.6 Å². The Hall–Kier alpha value is -2.03. The molecule has 0 aromatic heterocycles. The number of ether oxygens (including phenoxy) is 1. The number of benzene rings is 3. The molecule has 0 aliphatic carbocycles. The standard InChI is InChI=1S/C21H21OS/c1-4-10-19(11-5-1)18-22-16-17-23(20-12-6-2-7-13-20)21-14-8-3-9-15-21/h1-15H,16-18H2/q+1. The van der Waals surface area contributed by atoms with Crippen LogP contribution in [-0.2, 0) is 22.2 Å². The fourth-order valence-electron chi connectivity index (χ4n) is 2.45. The summed E-state index contributed by atoms with van der Waals surface area (Å²) in [6.07, 6.45) is 0. The Labute approximate surface area is 141 Å².